The fourth-order valence-corrected chi connectivity index (χ4v) is 3.33. The van der Waals surface area contributed by atoms with Crippen LogP contribution < -0.4 is 16.4 Å². The molecule has 3 amide bonds. The summed E-state index contributed by atoms with van der Waals surface area (Å²) in [6.45, 7) is 0.702. The Hall–Kier alpha value is -3.03. The van der Waals surface area contributed by atoms with Gasteiger partial charge in [0.2, 0.25) is 17.7 Å². The molecule has 5 atom stereocenters. The first-order valence-electron chi connectivity index (χ1n) is 9.81. The van der Waals surface area contributed by atoms with Crippen molar-refractivity contribution >= 4 is 23.7 Å². The number of hydrogen-bond acceptors (Lipinski definition) is 8. The maximum atomic E-state index is 12.9. The molecule has 0 saturated carbocycles. The number of aliphatic hydroxyl groups is 2. The molecular weight excluding hydrogens is 412 g/mol. The summed E-state index contributed by atoms with van der Waals surface area (Å²) in [5.74, 6) is -3.50. The molecule has 0 aliphatic carbocycles. The highest BCUT2D eigenvalue weighted by molar-refractivity contribution is 5.94. The maximum absolute atomic E-state index is 12.9. The van der Waals surface area contributed by atoms with Crippen LogP contribution in [0.2, 0.25) is 0 Å². The van der Waals surface area contributed by atoms with Crippen LogP contribution in [0.5, 0.6) is 0 Å². The van der Waals surface area contributed by atoms with E-state index in [-0.39, 0.29) is 19.4 Å². The van der Waals surface area contributed by atoms with Crippen molar-refractivity contribution in [3.05, 3.63) is 18.2 Å². The quantitative estimate of drug-likeness (QED) is 0.194. The monoisotopic (exact) mass is 440 g/mol. The molecule has 0 radical (unpaired) electrons. The van der Waals surface area contributed by atoms with Gasteiger partial charge in [-0.2, -0.15) is 0 Å². The number of amides is 3. The van der Waals surface area contributed by atoms with E-state index in [1.54, 1.807) is 0 Å². The van der Waals surface area contributed by atoms with Gasteiger partial charge < -0.3 is 41.6 Å². The van der Waals surface area contributed by atoms with E-state index in [0.29, 0.717) is 12.1 Å². The largest absolute Gasteiger partial charge is 0.480 e. The van der Waals surface area contributed by atoms with Gasteiger partial charge in [0.1, 0.15) is 12.1 Å². The summed E-state index contributed by atoms with van der Waals surface area (Å²) in [5, 5.41) is 32.9. The predicted octanol–water partition coefficient (Wildman–Crippen LogP) is -3.30. The number of carbonyl (C=O) groups is 4. The average Bonchev–Trinajstić information content (AvgIpc) is 3.40. The normalized spacial score (nSPS) is 19.9. The van der Waals surface area contributed by atoms with Crippen molar-refractivity contribution in [2.24, 2.45) is 5.73 Å². The van der Waals surface area contributed by atoms with Crippen LogP contribution in [0.3, 0.4) is 0 Å². The Morgan fingerprint density at radius 1 is 1.35 bits per heavy atom. The Bertz CT molecular complexity index is 784. The van der Waals surface area contributed by atoms with Gasteiger partial charge >= 0.3 is 5.97 Å². The second-order valence-electron chi connectivity index (χ2n) is 7.39. The number of nitrogens with one attached hydrogen (secondary N) is 3. The van der Waals surface area contributed by atoms with Crippen LogP contribution in [0.25, 0.3) is 0 Å². The van der Waals surface area contributed by atoms with Gasteiger partial charge in [-0.15, -0.1) is 0 Å². The highest BCUT2D eigenvalue weighted by Gasteiger charge is 2.39. The smallest absolute Gasteiger partial charge is 0.328 e. The zero-order chi connectivity index (χ0) is 23.1. The lowest BCUT2D eigenvalue weighted by atomic mass is 10.1. The molecule has 13 heteroatoms. The molecule has 0 spiro atoms. The predicted molar refractivity (Wildman–Crippen MR) is 105 cm³/mol. The lowest BCUT2D eigenvalue weighted by Crippen LogP contribution is -2.58. The van der Waals surface area contributed by atoms with Crippen molar-refractivity contribution < 1.29 is 34.5 Å². The number of nitrogens with two attached hydrogens (primary N) is 1. The molecule has 1 aromatic rings. The molecule has 0 bridgehead atoms. The summed E-state index contributed by atoms with van der Waals surface area (Å²) in [4.78, 5) is 56.8. The summed E-state index contributed by atoms with van der Waals surface area (Å²) < 4.78 is 0. The van der Waals surface area contributed by atoms with Crippen molar-refractivity contribution in [2.45, 2.75) is 56.5 Å². The molecule has 0 aromatic carbocycles. The number of imidazole rings is 1. The summed E-state index contributed by atoms with van der Waals surface area (Å²) in [6, 6.07) is -4.83. The Labute approximate surface area is 178 Å². The first-order valence-corrected chi connectivity index (χ1v) is 9.81. The Morgan fingerprint density at radius 2 is 2.06 bits per heavy atom. The Balaban J connectivity index is 2.01. The van der Waals surface area contributed by atoms with Gasteiger partial charge in [-0.3, -0.25) is 14.4 Å². The third-order valence-electron chi connectivity index (χ3n) is 5.01. The third-order valence-corrected chi connectivity index (χ3v) is 5.01. The molecule has 8 N–H and O–H groups in total. The number of aromatic nitrogens is 2. The number of H-pyrrole nitrogens is 1. The molecule has 1 aliphatic heterocycles. The number of nitrogens with zero attached hydrogens (tertiary/aromatic N) is 2. The fraction of sp³-hybridized carbons (Fsp3) is 0.611. The van der Waals surface area contributed by atoms with Gasteiger partial charge in [0.25, 0.3) is 0 Å². The molecule has 5 unspecified atom stereocenters. The van der Waals surface area contributed by atoms with E-state index in [0.717, 1.165) is 0 Å². The van der Waals surface area contributed by atoms with Crippen LogP contribution in [0.4, 0.5) is 0 Å². The van der Waals surface area contributed by atoms with E-state index in [1.807, 2.05) is 0 Å². The first kappa shape index (κ1) is 24.2. The Morgan fingerprint density at radius 3 is 2.61 bits per heavy atom. The molecular formula is C18H28N6O7. The van der Waals surface area contributed by atoms with Crippen molar-refractivity contribution in [2.75, 3.05) is 13.2 Å². The SMILES string of the molecule is CC(O)C(NC(=O)C1CCCN1C(=O)C(CO)NC(=O)C(N)Cc1cnc[nH]1)C(=O)O. The van der Waals surface area contributed by atoms with Crippen LogP contribution in [0.1, 0.15) is 25.5 Å². The maximum Gasteiger partial charge on any atom is 0.328 e. The van der Waals surface area contributed by atoms with E-state index in [9.17, 15) is 29.4 Å². The van der Waals surface area contributed by atoms with Gasteiger partial charge in [0.15, 0.2) is 6.04 Å². The number of aliphatic hydroxyl groups excluding tert-OH is 2. The van der Waals surface area contributed by atoms with Gasteiger partial charge in [0, 0.05) is 24.9 Å². The molecule has 1 fully saturated rings. The van der Waals surface area contributed by atoms with Gasteiger partial charge in [-0.05, 0) is 19.8 Å². The van der Waals surface area contributed by atoms with Gasteiger partial charge in [-0.25, -0.2) is 9.78 Å². The minimum Gasteiger partial charge on any atom is -0.480 e. The highest BCUT2D eigenvalue weighted by atomic mass is 16.4. The fourth-order valence-electron chi connectivity index (χ4n) is 3.33. The molecule has 172 valence electrons. The first-order chi connectivity index (χ1) is 14.6. The number of aromatic amines is 1. The van der Waals surface area contributed by atoms with Crippen molar-refractivity contribution in [1.82, 2.24) is 25.5 Å². The second kappa shape index (κ2) is 10.8. The Kier molecular flexibility index (Phi) is 8.47. The van der Waals surface area contributed by atoms with Crippen LogP contribution in [0, 0.1) is 0 Å². The standard InChI is InChI=1S/C18H28N6O7/c1-9(26)14(18(30)31)23-16(28)13-3-2-4-24(13)17(29)12(7-25)22-15(27)11(19)5-10-6-20-8-21-10/h6,8-9,11-14,25-26H,2-5,7,19H2,1H3,(H,20,21)(H,22,27)(H,23,28)(H,30,31). The lowest BCUT2D eigenvalue weighted by Gasteiger charge is -2.29. The van der Waals surface area contributed by atoms with E-state index >= 15 is 0 Å². The number of hydrogen-bond donors (Lipinski definition) is 7. The summed E-state index contributed by atoms with van der Waals surface area (Å²) in [6.07, 6.45) is 2.49. The van der Waals surface area contributed by atoms with Gasteiger partial charge in [-0.1, -0.05) is 0 Å². The summed E-state index contributed by atoms with van der Waals surface area (Å²) in [5.41, 5.74) is 6.46. The number of carboxylic acid groups (broad SMARTS) is 1. The number of likely N-dealkylation sites (tertiary alicyclic amines) is 1. The van der Waals surface area contributed by atoms with E-state index in [2.05, 4.69) is 20.6 Å². The highest BCUT2D eigenvalue weighted by Crippen LogP contribution is 2.19. The van der Waals surface area contributed by atoms with E-state index < -0.39 is 60.6 Å². The molecule has 1 aliphatic rings. The number of carbonyl (C=O) groups excluding carboxylic acids is 3. The molecule has 1 saturated heterocycles. The zero-order valence-corrected chi connectivity index (χ0v) is 17.0. The van der Waals surface area contributed by atoms with Gasteiger partial charge in [0.05, 0.1) is 25.1 Å². The van der Waals surface area contributed by atoms with Crippen molar-refractivity contribution in [1.29, 1.82) is 0 Å². The minimum atomic E-state index is -1.53. The number of aliphatic carboxylic acids is 1. The molecule has 13 nitrogen and oxygen atoms in total. The molecule has 1 aromatic heterocycles. The van der Waals surface area contributed by atoms with Crippen LogP contribution >= 0.6 is 0 Å². The summed E-state index contributed by atoms with van der Waals surface area (Å²) >= 11 is 0. The second-order valence-corrected chi connectivity index (χ2v) is 7.39. The van der Waals surface area contributed by atoms with Crippen LogP contribution in [-0.4, -0.2) is 97.3 Å². The van der Waals surface area contributed by atoms with E-state index in [1.165, 1.54) is 24.3 Å². The van der Waals surface area contributed by atoms with Crippen LogP contribution in [0.15, 0.2) is 12.5 Å². The van der Waals surface area contributed by atoms with Crippen LogP contribution in [-0.2, 0) is 25.6 Å². The van der Waals surface area contributed by atoms with Crippen molar-refractivity contribution in [3.8, 4) is 0 Å². The third kappa shape index (κ3) is 6.23. The summed E-state index contributed by atoms with van der Waals surface area (Å²) in [7, 11) is 0. The van der Waals surface area contributed by atoms with E-state index in [4.69, 9.17) is 10.8 Å². The number of carboxylic acids is 1. The lowest BCUT2D eigenvalue weighted by molar-refractivity contribution is -0.147. The molecule has 31 heavy (non-hydrogen) atoms. The van der Waals surface area contributed by atoms with Crippen molar-refractivity contribution in [3.63, 3.8) is 0 Å². The topological polar surface area (TPSA) is 211 Å². The number of rotatable bonds is 10. The zero-order valence-electron chi connectivity index (χ0n) is 17.0. The average molecular weight is 440 g/mol. The molecule has 2 heterocycles. The minimum absolute atomic E-state index is 0.142. The molecule has 2 rings (SSSR count).